The van der Waals surface area contributed by atoms with Crippen LogP contribution in [0.5, 0.6) is 17.6 Å². The van der Waals surface area contributed by atoms with Crippen LogP contribution < -0.4 is 19.3 Å². The van der Waals surface area contributed by atoms with Crippen molar-refractivity contribution in [2.24, 2.45) is 4.99 Å². The summed E-state index contributed by atoms with van der Waals surface area (Å²) in [5.74, 6) is -0.374. The van der Waals surface area contributed by atoms with Crippen LogP contribution in [0.25, 0.3) is 0 Å². The largest absolute Gasteiger partial charge is 0.872 e. The Bertz CT molecular complexity index is 1260. The highest BCUT2D eigenvalue weighted by molar-refractivity contribution is 7.92. The van der Waals surface area contributed by atoms with Gasteiger partial charge in [0.1, 0.15) is 0 Å². The van der Waals surface area contributed by atoms with E-state index in [0.717, 1.165) is 18.2 Å². The molecule has 13 heteroatoms. The number of aromatic nitrogens is 2. The van der Waals surface area contributed by atoms with E-state index < -0.39 is 20.7 Å². The van der Waals surface area contributed by atoms with Crippen LogP contribution in [0.4, 0.5) is 17.2 Å². The Morgan fingerprint density at radius 2 is 1.78 bits per heavy atom. The quantitative estimate of drug-likeness (QED) is 0.301. The van der Waals surface area contributed by atoms with Gasteiger partial charge in [-0.3, -0.25) is 19.8 Å². The molecule has 0 atom stereocenters. The Kier molecular flexibility index (Phi) is 6.49. The van der Waals surface area contributed by atoms with Crippen LogP contribution in [0.2, 0.25) is 0 Å². The second-order valence-corrected chi connectivity index (χ2v) is 7.80. The van der Waals surface area contributed by atoms with Crippen molar-refractivity contribution < 1.29 is 27.9 Å². The summed E-state index contributed by atoms with van der Waals surface area (Å²) in [7, 11) is -1.30. The third-order valence-electron chi connectivity index (χ3n) is 4.02. The highest BCUT2D eigenvalue weighted by atomic mass is 32.2. The topological polar surface area (TPSA) is 169 Å². The number of nitro groups is 1. The summed E-state index contributed by atoms with van der Waals surface area (Å²) in [4.78, 5) is 22.0. The third-order valence-corrected chi connectivity index (χ3v) is 5.39. The summed E-state index contributed by atoms with van der Waals surface area (Å²) < 4.78 is 37.5. The second kappa shape index (κ2) is 9.26. The Hall–Kier alpha value is -4.26. The molecule has 0 saturated heterocycles. The molecular formula is C19H16N5O7S-. The van der Waals surface area contributed by atoms with E-state index in [9.17, 15) is 23.6 Å². The lowest BCUT2D eigenvalue weighted by molar-refractivity contribution is -0.385. The average molecular weight is 458 g/mol. The van der Waals surface area contributed by atoms with Crippen molar-refractivity contribution in [3.63, 3.8) is 0 Å². The predicted octanol–water partition coefficient (Wildman–Crippen LogP) is 2.03. The standard InChI is InChI=1S/C19H17N5O7S/c1-30-18-10-17(21-19(22-18)31-2)23-32(28,29)15-6-3-13(4-7-15)20-11-12-9-14(24(26)27)5-8-16(12)25/h3-11,25H,1-2H3,(H,21,22,23)/p-1. The molecule has 32 heavy (non-hydrogen) atoms. The number of rotatable bonds is 8. The molecule has 12 nitrogen and oxygen atoms in total. The molecule has 1 heterocycles. The first kappa shape index (κ1) is 22.4. The van der Waals surface area contributed by atoms with Crippen LogP contribution in [0.3, 0.4) is 0 Å². The first-order valence-electron chi connectivity index (χ1n) is 8.81. The molecule has 1 N–H and O–H groups in total. The molecule has 2 aromatic carbocycles. The smallest absolute Gasteiger partial charge is 0.321 e. The van der Waals surface area contributed by atoms with Crippen molar-refractivity contribution in [3.05, 3.63) is 64.2 Å². The van der Waals surface area contributed by atoms with Gasteiger partial charge in [-0.05, 0) is 29.8 Å². The molecule has 0 amide bonds. The monoisotopic (exact) mass is 458 g/mol. The van der Waals surface area contributed by atoms with Gasteiger partial charge in [0, 0.05) is 24.4 Å². The summed E-state index contributed by atoms with van der Waals surface area (Å²) in [6, 6.07) is 9.93. The minimum atomic E-state index is -4.00. The fourth-order valence-electron chi connectivity index (χ4n) is 2.45. The van der Waals surface area contributed by atoms with E-state index in [1.807, 2.05) is 0 Å². The Balaban J connectivity index is 1.80. The number of nitro benzene ring substituents is 1. The Morgan fingerprint density at radius 1 is 1.06 bits per heavy atom. The molecular weight excluding hydrogens is 442 g/mol. The zero-order valence-electron chi connectivity index (χ0n) is 16.8. The van der Waals surface area contributed by atoms with Gasteiger partial charge in [0.15, 0.2) is 5.82 Å². The van der Waals surface area contributed by atoms with Gasteiger partial charge in [-0.25, -0.2) is 8.42 Å². The fourth-order valence-corrected chi connectivity index (χ4v) is 3.45. The normalized spacial score (nSPS) is 11.3. The fraction of sp³-hybridized carbons (Fsp3) is 0.105. The lowest BCUT2D eigenvalue weighted by Crippen LogP contribution is -2.14. The van der Waals surface area contributed by atoms with E-state index >= 15 is 0 Å². The number of anilines is 1. The number of benzene rings is 2. The molecule has 3 aromatic rings. The maximum absolute atomic E-state index is 12.6. The van der Waals surface area contributed by atoms with Gasteiger partial charge < -0.3 is 14.6 Å². The highest BCUT2D eigenvalue weighted by Gasteiger charge is 2.17. The first-order valence-corrected chi connectivity index (χ1v) is 10.3. The molecule has 0 aliphatic heterocycles. The number of hydrogen-bond donors (Lipinski definition) is 1. The van der Waals surface area contributed by atoms with Gasteiger partial charge >= 0.3 is 6.01 Å². The molecule has 3 rings (SSSR count). The van der Waals surface area contributed by atoms with Crippen molar-refractivity contribution in [1.29, 1.82) is 0 Å². The average Bonchev–Trinajstić information content (AvgIpc) is 2.78. The lowest BCUT2D eigenvalue weighted by Gasteiger charge is -2.10. The number of nitrogens with zero attached hydrogens (tertiary/aromatic N) is 4. The van der Waals surface area contributed by atoms with E-state index in [0.29, 0.717) is 5.69 Å². The first-order chi connectivity index (χ1) is 15.2. The molecule has 1 aromatic heterocycles. The SMILES string of the molecule is COc1cc(NS(=O)(=O)c2ccc(N=Cc3cc([N+](=O)[O-])ccc3[O-])cc2)nc(OC)n1. The van der Waals surface area contributed by atoms with Gasteiger partial charge in [0.2, 0.25) is 5.88 Å². The zero-order chi connectivity index (χ0) is 23.3. The van der Waals surface area contributed by atoms with E-state index in [4.69, 9.17) is 9.47 Å². The number of sulfonamides is 1. The summed E-state index contributed by atoms with van der Waals surface area (Å²) in [6.45, 7) is 0. The number of ether oxygens (including phenoxy) is 2. The van der Waals surface area contributed by atoms with E-state index in [1.54, 1.807) is 0 Å². The number of methoxy groups -OCH3 is 2. The van der Waals surface area contributed by atoms with Gasteiger partial charge in [0.25, 0.3) is 15.7 Å². The summed E-state index contributed by atoms with van der Waals surface area (Å²) >= 11 is 0. The maximum Gasteiger partial charge on any atom is 0.321 e. The van der Waals surface area contributed by atoms with Crippen molar-refractivity contribution in [1.82, 2.24) is 9.97 Å². The highest BCUT2D eigenvalue weighted by Crippen LogP contribution is 2.23. The molecule has 0 radical (unpaired) electrons. The maximum atomic E-state index is 12.6. The van der Waals surface area contributed by atoms with Gasteiger partial charge in [-0.15, -0.1) is 0 Å². The minimum absolute atomic E-state index is 0.0317. The van der Waals surface area contributed by atoms with Crippen LogP contribution in [0.1, 0.15) is 5.56 Å². The molecule has 0 spiro atoms. The molecule has 0 aliphatic rings. The molecule has 0 saturated carbocycles. The van der Waals surface area contributed by atoms with E-state index in [1.165, 1.54) is 50.8 Å². The van der Waals surface area contributed by atoms with E-state index in [-0.39, 0.29) is 33.9 Å². The third kappa shape index (κ3) is 5.26. The Morgan fingerprint density at radius 3 is 2.41 bits per heavy atom. The van der Waals surface area contributed by atoms with Crippen molar-refractivity contribution in [2.45, 2.75) is 4.90 Å². The van der Waals surface area contributed by atoms with Crippen LogP contribution in [0.15, 0.2) is 58.4 Å². The zero-order valence-corrected chi connectivity index (χ0v) is 17.6. The summed E-state index contributed by atoms with van der Waals surface area (Å²) in [6.07, 6.45) is 1.18. The van der Waals surface area contributed by atoms with Gasteiger partial charge in [0.05, 0.1) is 29.7 Å². The van der Waals surface area contributed by atoms with Gasteiger partial charge in [-0.2, -0.15) is 9.97 Å². The second-order valence-electron chi connectivity index (χ2n) is 6.12. The van der Waals surface area contributed by atoms with Crippen LogP contribution in [0, 0.1) is 10.1 Å². The van der Waals surface area contributed by atoms with Crippen molar-refractivity contribution >= 4 is 33.4 Å². The predicted molar refractivity (Wildman–Crippen MR) is 112 cm³/mol. The summed E-state index contributed by atoms with van der Waals surface area (Å²) in [5, 5.41) is 22.7. The van der Waals surface area contributed by atoms with Crippen molar-refractivity contribution in [2.75, 3.05) is 18.9 Å². The number of non-ortho nitro benzene ring substituents is 1. The number of aliphatic imine (C=N–C) groups is 1. The van der Waals surface area contributed by atoms with Crippen LogP contribution in [-0.4, -0.2) is 43.7 Å². The van der Waals surface area contributed by atoms with Crippen molar-refractivity contribution in [3.8, 4) is 17.6 Å². The molecule has 0 aliphatic carbocycles. The molecule has 166 valence electrons. The lowest BCUT2D eigenvalue weighted by atomic mass is 10.2. The van der Waals surface area contributed by atoms with Gasteiger partial charge in [-0.1, -0.05) is 11.8 Å². The molecule has 0 fully saturated rings. The minimum Gasteiger partial charge on any atom is -0.872 e. The Labute approximate surface area is 182 Å². The number of nitrogens with one attached hydrogen (secondary N) is 1. The van der Waals surface area contributed by atoms with Crippen LogP contribution in [-0.2, 0) is 10.0 Å². The molecule has 0 bridgehead atoms. The number of hydrogen-bond acceptors (Lipinski definition) is 10. The summed E-state index contributed by atoms with van der Waals surface area (Å²) in [5.41, 5.74) is 0.126. The van der Waals surface area contributed by atoms with E-state index in [2.05, 4.69) is 19.7 Å². The van der Waals surface area contributed by atoms with Crippen LogP contribution >= 0.6 is 0 Å². The molecule has 0 unspecified atom stereocenters.